The van der Waals surface area contributed by atoms with Gasteiger partial charge >= 0.3 is 5.97 Å². The number of unbranched alkanes of at least 4 members (excludes halogenated alkanes) is 1. The largest absolute Gasteiger partial charge is 0.478 e. The number of nitrogens with zero attached hydrogens (tertiary/aromatic N) is 2. The Kier molecular flexibility index (Phi) is 5.84. The zero-order valence-corrected chi connectivity index (χ0v) is 12.0. The quantitative estimate of drug-likeness (QED) is 0.609. The van der Waals surface area contributed by atoms with Gasteiger partial charge in [-0.25, -0.2) is 9.78 Å². The van der Waals surface area contributed by atoms with Crippen LogP contribution in [0.2, 0.25) is 0 Å². The highest BCUT2D eigenvalue weighted by Crippen LogP contribution is 2.23. The molecule has 1 aromatic heterocycles. The number of rotatable bonds is 7. The number of thioether (sulfide) groups is 1. The first-order valence-corrected chi connectivity index (χ1v) is 7.16. The normalized spacial score (nSPS) is 11.0. The van der Waals surface area contributed by atoms with E-state index in [-0.39, 0.29) is 11.0 Å². The highest BCUT2D eigenvalue weighted by molar-refractivity contribution is 7.99. The molecule has 1 N–H and O–H groups in total. The van der Waals surface area contributed by atoms with Crippen molar-refractivity contribution in [2.75, 3.05) is 5.75 Å². The molecule has 4 nitrogen and oxygen atoms in total. The van der Waals surface area contributed by atoms with Crippen LogP contribution in [0.5, 0.6) is 0 Å². The first kappa shape index (κ1) is 15.5. The molecular formula is C14H18N2O2S. The molecule has 1 rings (SSSR count). The minimum Gasteiger partial charge on any atom is -0.478 e. The van der Waals surface area contributed by atoms with E-state index in [2.05, 4.69) is 11.1 Å². The summed E-state index contributed by atoms with van der Waals surface area (Å²) < 4.78 is 0. The maximum Gasteiger partial charge on any atom is 0.337 e. The Morgan fingerprint density at radius 2 is 2.21 bits per heavy atom. The minimum atomic E-state index is -0.956. The number of carboxylic acid groups (broad SMARTS) is 1. The van der Waals surface area contributed by atoms with E-state index in [1.807, 2.05) is 13.8 Å². The topological polar surface area (TPSA) is 74.0 Å². The van der Waals surface area contributed by atoms with E-state index in [0.717, 1.165) is 30.0 Å². The van der Waals surface area contributed by atoms with E-state index < -0.39 is 5.97 Å². The summed E-state index contributed by atoms with van der Waals surface area (Å²) in [6.45, 7) is 3.90. The second-order valence-electron chi connectivity index (χ2n) is 4.99. The fourth-order valence-corrected chi connectivity index (χ4v) is 2.34. The van der Waals surface area contributed by atoms with Crippen molar-refractivity contribution in [3.8, 4) is 6.07 Å². The Hall–Kier alpha value is -1.54. The van der Waals surface area contributed by atoms with Crippen LogP contribution in [0, 0.1) is 16.7 Å². The molecule has 1 aromatic rings. The second-order valence-corrected chi connectivity index (χ2v) is 6.11. The summed E-state index contributed by atoms with van der Waals surface area (Å²) in [5.41, 5.74) is -0.0356. The fraction of sp³-hybridized carbons (Fsp3) is 0.500. The van der Waals surface area contributed by atoms with Gasteiger partial charge in [0.2, 0.25) is 0 Å². The standard InChI is InChI=1S/C14H18N2O2S/c1-14(2,10-15)7-3-4-8-19-12-6-5-11(9-16-12)13(17)18/h5-6,9H,3-4,7-8H2,1-2H3,(H,17,18). The van der Waals surface area contributed by atoms with Crippen LogP contribution in [0.3, 0.4) is 0 Å². The lowest BCUT2D eigenvalue weighted by Gasteiger charge is -2.13. The van der Waals surface area contributed by atoms with Crippen molar-refractivity contribution in [1.82, 2.24) is 4.98 Å². The van der Waals surface area contributed by atoms with Gasteiger partial charge in [-0.05, 0) is 44.6 Å². The molecule has 0 saturated carbocycles. The Bertz CT molecular complexity index is 463. The summed E-state index contributed by atoms with van der Waals surface area (Å²) in [5.74, 6) is -0.0243. The third-order valence-electron chi connectivity index (χ3n) is 2.73. The predicted octanol–water partition coefficient (Wildman–Crippen LogP) is 3.59. The Labute approximate surface area is 117 Å². The summed E-state index contributed by atoms with van der Waals surface area (Å²) in [4.78, 5) is 14.8. The van der Waals surface area contributed by atoms with E-state index in [1.165, 1.54) is 6.20 Å². The third-order valence-corrected chi connectivity index (χ3v) is 3.76. The van der Waals surface area contributed by atoms with Crippen LogP contribution < -0.4 is 0 Å². The van der Waals surface area contributed by atoms with Crippen LogP contribution in [0.15, 0.2) is 23.4 Å². The molecule has 0 aromatic carbocycles. The molecule has 0 aliphatic carbocycles. The minimum absolute atomic E-state index is 0.208. The van der Waals surface area contributed by atoms with Crippen molar-refractivity contribution in [3.63, 3.8) is 0 Å². The van der Waals surface area contributed by atoms with Gasteiger partial charge in [-0.1, -0.05) is 6.42 Å². The number of hydrogen-bond donors (Lipinski definition) is 1. The zero-order valence-electron chi connectivity index (χ0n) is 11.2. The molecule has 0 aliphatic rings. The van der Waals surface area contributed by atoms with Gasteiger partial charge in [0.1, 0.15) is 0 Å². The highest BCUT2D eigenvalue weighted by atomic mass is 32.2. The van der Waals surface area contributed by atoms with Crippen LogP contribution >= 0.6 is 11.8 Å². The zero-order chi connectivity index (χ0) is 14.3. The van der Waals surface area contributed by atoms with Crippen LogP contribution in [0.1, 0.15) is 43.5 Å². The monoisotopic (exact) mass is 278 g/mol. The molecule has 0 amide bonds. The van der Waals surface area contributed by atoms with Gasteiger partial charge < -0.3 is 5.11 Å². The highest BCUT2D eigenvalue weighted by Gasteiger charge is 2.15. The predicted molar refractivity (Wildman–Crippen MR) is 75.2 cm³/mol. The number of carboxylic acids is 1. The number of nitriles is 1. The second kappa shape index (κ2) is 7.15. The Morgan fingerprint density at radius 1 is 1.47 bits per heavy atom. The molecule has 5 heteroatoms. The number of aromatic carboxylic acids is 1. The molecular weight excluding hydrogens is 260 g/mol. The summed E-state index contributed by atoms with van der Waals surface area (Å²) in [5, 5.41) is 18.5. The van der Waals surface area contributed by atoms with E-state index in [9.17, 15) is 4.79 Å². The number of aromatic nitrogens is 1. The molecule has 0 atom stereocenters. The van der Waals surface area contributed by atoms with E-state index in [4.69, 9.17) is 10.4 Å². The van der Waals surface area contributed by atoms with Gasteiger partial charge in [-0.3, -0.25) is 0 Å². The van der Waals surface area contributed by atoms with Gasteiger partial charge in [0.15, 0.2) is 0 Å². The molecule has 0 unspecified atom stereocenters. The van der Waals surface area contributed by atoms with E-state index in [0.29, 0.717) is 0 Å². The molecule has 0 fully saturated rings. The third kappa shape index (κ3) is 5.75. The van der Waals surface area contributed by atoms with Crippen LogP contribution in [-0.2, 0) is 0 Å². The van der Waals surface area contributed by atoms with E-state index >= 15 is 0 Å². The number of carbonyl (C=O) groups is 1. The van der Waals surface area contributed by atoms with Crippen molar-refractivity contribution in [3.05, 3.63) is 23.9 Å². The molecule has 0 bridgehead atoms. The van der Waals surface area contributed by atoms with Gasteiger partial charge in [0.05, 0.1) is 22.1 Å². The van der Waals surface area contributed by atoms with Crippen molar-refractivity contribution in [2.45, 2.75) is 38.1 Å². The molecule has 19 heavy (non-hydrogen) atoms. The van der Waals surface area contributed by atoms with E-state index in [1.54, 1.807) is 23.9 Å². The molecule has 102 valence electrons. The SMILES string of the molecule is CC(C)(C#N)CCCCSc1ccc(C(=O)O)cn1. The van der Waals surface area contributed by atoms with Gasteiger partial charge in [-0.2, -0.15) is 5.26 Å². The summed E-state index contributed by atoms with van der Waals surface area (Å²) >= 11 is 1.61. The van der Waals surface area contributed by atoms with Crippen LogP contribution in [0.25, 0.3) is 0 Å². The van der Waals surface area contributed by atoms with Crippen LogP contribution in [0.4, 0.5) is 0 Å². The van der Waals surface area contributed by atoms with Crippen molar-refractivity contribution >= 4 is 17.7 Å². The smallest absolute Gasteiger partial charge is 0.337 e. The lowest BCUT2D eigenvalue weighted by atomic mass is 9.89. The van der Waals surface area contributed by atoms with Gasteiger partial charge in [0.25, 0.3) is 0 Å². The van der Waals surface area contributed by atoms with Crippen molar-refractivity contribution < 1.29 is 9.90 Å². The first-order chi connectivity index (χ1) is 8.94. The first-order valence-electron chi connectivity index (χ1n) is 6.18. The molecule has 0 spiro atoms. The van der Waals surface area contributed by atoms with Crippen molar-refractivity contribution in [2.24, 2.45) is 5.41 Å². The molecule has 1 heterocycles. The average Bonchev–Trinajstić information content (AvgIpc) is 2.39. The summed E-state index contributed by atoms with van der Waals surface area (Å²) in [6, 6.07) is 5.59. The van der Waals surface area contributed by atoms with Gasteiger partial charge in [-0.15, -0.1) is 11.8 Å². The molecule has 0 aliphatic heterocycles. The summed E-state index contributed by atoms with van der Waals surface area (Å²) in [7, 11) is 0. The lowest BCUT2D eigenvalue weighted by Crippen LogP contribution is -2.07. The average molecular weight is 278 g/mol. The Balaban J connectivity index is 2.27. The summed E-state index contributed by atoms with van der Waals surface area (Å²) in [6.07, 6.45) is 4.32. The maximum absolute atomic E-state index is 10.7. The van der Waals surface area contributed by atoms with Crippen LogP contribution in [-0.4, -0.2) is 21.8 Å². The lowest BCUT2D eigenvalue weighted by molar-refractivity contribution is 0.0696. The molecule has 0 saturated heterocycles. The Morgan fingerprint density at radius 3 is 2.74 bits per heavy atom. The fourth-order valence-electron chi connectivity index (χ4n) is 1.49. The van der Waals surface area contributed by atoms with Gasteiger partial charge in [0, 0.05) is 6.20 Å². The van der Waals surface area contributed by atoms with Crippen molar-refractivity contribution in [1.29, 1.82) is 5.26 Å². The molecule has 0 radical (unpaired) electrons. The number of hydrogen-bond acceptors (Lipinski definition) is 4. The number of pyridine rings is 1. The maximum atomic E-state index is 10.7.